The van der Waals surface area contributed by atoms with Crippen LogP contribution in [0.3, 0.4) is 0 Å². The molecule has 3 rings (SSSR count). The third kappa shape index (κ3) is 2.20. The lowest BCUT2D eigenvalue weighted by Gasteiger charge is -2.10. The van der Waals surface area contributed by atoms with Gasteiger partial charge in [-0.1, -0.05) is 11.6 Å². The number of benzene rings is 2. The fourth-order valence-electron chi connectivity index (χ4n) is 2.20. The van der Waals surface area contributed by atoms with Crippen molar-refractivity contribution in [2.45, 2.75) is 6.92 Å². The Labute approximate surface area is 133 Å². The smallest absolute Gasteiger partial charge is 0.182 e. The second-order valence-corrected chi connectivity index (χ2v) is 6.16. The minimum Gasteiger partial charge on any atom is -0.330 e. The molecule has 1 N–H and O–H groups in total. The van der Waals surface area contributed by atoms with Crippen LogP contribution in [0.5, 0.6) is 0 Å². The Morgan fingerprint density at radius 2 is 2.05 bits per heavy atom. The van der Waals surface area contributed by atoms with Gasteiger partial charge in [0, 0.05) is 5.02 Å². The molecule has 0 saturated carbocycles. The lowest BCUT2D eigenvalue weighted by Crippen LogP contribution is -1.98. The fraction of sp³-hybridized carbons (Fsp3) is 0.0714. The molecule has 0 unspecified atom stereocenters. The van der Waals surface area contributed by atoms with E-state index in [2.05, 4.69) is 20.9 Å². The van der Waals surface area contributed by atoms with E-state index in [9.17, 15) is 4.39 Å². The van der Waals surface area contributed by atoms with E-state index in [1.807, 2.05) is 23.6 Å². The quantitative estimate of drug-likeness (QED) is 0.556. The number of aromatic nitrogens is 2. The number of hydrogen-bond acceptors (Lipinski definition) is 1. The Bertz CT molecular complexity index is 885. The van der Waals surface area contributed by atoms with Crippen molar-refractivity contribution in [3.8, 4) is 5.69 Å². The maximum absolute atomic E-state index is 13.6. The van der Waals surface area contributed by atoms with Gasteiger partial charge in [-0.25, -0.2) is 4.39 Å². The number of aryl methyl sites for hydroxylation is 1. The van der Waals surface area contributed by atoms with Crippen molar-refractivity contribution in [2.24, 2.45) is 0 Å². The highest BCUT2D eigenvalue weighted by Gasteiger charge is 2.12. The molecule has 102 valence electrons. The fourth-order valence-corrected chi connectivity index (χ4v) is 3.01. The lowest BCUT2D eigenvalue weighted by atomic mass is 10.2. The highest BCUT2D eigenvalue weighted by molar-refractivity contribution is 9.10. The van der Waals surface area contributed by atoms with Crippen LogP contribution in [-0.2, 0) is 0 Å². The van der Waals surface area contributed by atoms with E-state index in [4.69, 9.17) is 23.8 Å². The molecule has 1 aromatic heterocycles. The molecule has 0 amide bonds. The van der Waals surface area contributed by atoms with Gasteiger partial charge in [0.05, 0.1) is 21.2 Å². The van der Waals surface area contributed by atoms with Crippen molar-refractivity contribution >= 4 is 50.8 Å². The Morgan fingerprint density at radius 3 is 2.80 bits per heavy atom. The van der Waals surface area contributed by atoms with Crippen molar-refractivity contribution in [1.29, 1.82) is 0 Å². The van der Waals surface area contributed by atoms with Gasteiger partial charge in [0.1, 0.15) is 5.82 Å². The Morgan fingerprint density at radius 1 is 1.30 bits per heavy atom. The van der Waals surface area contributed by atoms with Crippen LogP contribution in [0.2, 0.25) is 5.02 Å². The van der Waals surface area contributed by atoms with Gasteiger partial charge < -0.3 is 4.98 Å². The number of aromatic amines is 1. The van der Waals surface area contributed by atoms with Gasteiger partial charge in [-0.3, -0.25) is 4.57 Å². The number of rotatable bonds is 1. The lowest BCUT2D eigenvalue weighted by molar-refractivity contribution is 0.619. The first-order chi connectivity index (χ1) is 9.47. The van der Waals surface area contributed by atoms with E-state index >= 15 is 0 Å². The number of halogens is 3. The molecule has 2 aromatic carbocycles. The summed E-state index contributed by atoms with van der Waals surface area (Å²) in [4.78, 5) is 3.11. The number of imidazole rings is 1. The summed E-state index contributed by atoms with van der Waals surface area (Å²) in [5.74, 6) is -0.291. The van der Waals surface area contributed by atoms with E-state index in [0.717, 1.165) is 22.3 Å². The molecule has 0 spiro atoms. The van der Waals surface area contributed by atoms with Crippen LogP contribution in [0.25, 0.3) is 16.7 Å². The summed E-state index contributed by atoms with van der Waals surface area (Å²) in [5, 5.41) is 0.637. The molecular weight excluding hydrogens is 363 g/mol. The summed E-state index contributed by atoms with van der Waals surface area (Å²) in [6.07, 6.45) is 0. The third-order valence-electron chi connectivity index (χ3n) is 3.12. The van der Waals surface area contributed by atoms with E-state index in [-0.39, 0.29) is 5.82 Å². The first-order valence-corrected chi connectivity index (χ1v) is 7.41. The van der Waals surface area contributed by atoms with Crippen LogP contribution in [0.1, 0.15) is 5.56 Å². The molecule has 0 bridgehead atoms. The highest BCUT2D eigenvalue weighted by atomic mass is 79.9. The maximum Gasteiger partial charge on any atom is 0.182 e. The summed E-state index contributed by atoms with van der Waals surface area (Å²) < 4.78 is 16.4. The topological polar surface area (TPSA) is 20.7 Å². The van der Waals surface area contributed by atoms with E-state index in [1.54, 1.807) is 12.1 Å². The zero-order valence-corrected chi connectivity index (χ0v) is 13.5. The SMILES string of the molecule is Cc1cc(F)c(Br)cc1-n1c(=S)[nH]c2cc(Cl)ccc21. The molecule has 6 heteroatoms. The molecule has 20 heavy (non-hydrogen) atoms. The molecule has 3 aromatic rings. The molecule has 0 saturated heterocycles. The molecule has 0 atom stereocenters. The summed E-state index contributed by atoms with van der Waals surface area (Å²) in [6, 6.07) is 8.72. The molecule has 2 nitrogen and oxygen atoms in total. The van der Waals surface area contributed by atoms with Crippen molar-refractivity contribution in [1.82, 2.24) is 9.55 Å². The molecule has 0 radical (unpaired) electrons. The predicted molar refractivity (Wildman–Crippen MR) is 85.9 cm³/mol. The normalized spacial score (nSPS) is 11.2. The molecule has 0 aliphatic heterocycles. The summed E-state index contributed by atoms with van der Waals surface area (Å²) in [5.41, 5.74) is 3.39. The number of hydrogen-bond donors (Lipinski definition) is 1. The second kappa shape index (κ2) is 4.98. The van der Waals surface area contributed by atoms with Gasteiger partial charge >= 0.3 is 0 Å². The van der Waals surface area contributed by atoms with Crippen LogP contribution in [0.4, 0.5) is 4.39 Å². The minimum absolute atomic E-state index is 0.291. The van der Waals surface area contributed by atoms with Crippen LogP contribution < -0.4 is 0 Å². The Hall–Kier alpha value is -1.17. The first kappa shape index (κ1) is 13.8. The van der Waals surface area contributed by atoms with Crippen molar-refractivity contribution in [2.75, 3.05) is 0 Å². The Balaban J connectivity index is 2.38. The van der Waals surface area contributed by atoms with Gasteiger partial charge in [0.15, 0.2) is 4.77 Å². The van der Waals surface area contributed by atoms with Crippen LogP contribution >= 0.6 is 39.7 Å². The van der Waals surface area contributed by atoms with E-state index in [0.29, 0.717) is 14.3 Å². The predicted octanol–water partition coefficient (Wildman–Crippen LogP) is 5.55. The van der Waals surface area contributed by atoms with Gasteiger partial charge in [-0.15, -0.1) is 0 Å². The monoisotopic (exact) mass is 370 g/mol. The van der Waals surface area contributed by atoms with Crippen LogP contribution in [0, 0.1) is 17.5 Å². The Kier molecular flexibility index (Phi) is 3.44. The second-order valence-electron chi connectivity index (χ2n) is 4.48. The van der Waals surface area contributed by atoms with Crippen molar-refractivity contribution < 1.29 is 4.39 Å². The largest absolute Gasteiger partial charge is 0.330 e. The zero-order chi connectivity index (χ0) is 14.4. The van der Waals surface area contributed by atoms with Gasteiger partial charge in [0.2, 0.25) is 0 Å². The van der Waals surface area contributed by atoms with E-state index in [1.165, 1.54) is 6.07 Å². The number of nitrogens with zero attached hydrogens (tertiary/aromatic N) is 1. The van der Waals surface area contributed by atoms with Gasteiger partial charge in [0.25, 0.3) is 0 Å². The van der Waals surface area contributed by atoms with Crippen molar-refractivity contribution in [3.05, 3.63) is 56.0 Å². The molecule has 1 heterocycles. The van der Waals surface area contributed by atoms with Crippen molar-refractivity contribution in [3.63, 3.8) is 0 Å². The average molecular weight is 372 g/mol. The minimum atomic E-state index is -0.291. The maximum atomic E-state index is 13.6. The summed E-state index contributed by atoms with van der Waals surface area (Å²) in [6.45, 7) is 1.85. The van der Waals surface area contributed by atoms with Crippen LogP contribution in [-0.4, -0.2) is 9.55 Å². The number of nitrogens with one attached hydrogen (secondary N) is 1. The molecular formula is C14H9BrClFN2S. The molecule has 0 fully saturated rings. The van der Waals surface area contributed by atoms with Gasteiger partial charge in [-0.05, 0) is 71.0 Å². The third-order valence-corrected chi connectivity index (χ3v) is 4.25. The molecule has 0 aliphatic rings. The summed E-state index contributed by atoms with van der Waals surface area (Å²) in [7, 11) is 0. The van der Waals surface area contributed by atoms with Gasteiger partial charge in [-0.2, -0.15) is 0 Å². The first-order valence-electron chi connectivity index (χ1n) is 5.83. The molecule has 0 aliphatic carbocycles. The standard InChI is InChI=1S/C14H9BrClFN2S/c1-7-4-10(17)9(15)6-13(7)19-12-3-2-8(16)5-11(12)18-14(19)20/h2-6H,1H3,(H,18,20). The number of fused-ring (bicyclic) bond motifs is 1. The number of H-pyrrole nitrogens is 1. The average Bonchev–Trinajstić information content (AvgIpc) is 2.69. The van der Waals surface area contributed by atoms with E-state index < -0.39 is 0 Å². The zero-order valence-electron chi connectivity index (χ0n) is 10.4. The highest BCUT2D eigenvalue weighted by Crippen LogP contribution is 2.28. The summed E-state index contributed by atoms with van der Waals surface area (Å²) >= 11 is 14.6. The van der Waals surface area contributed by atoms with Crippen LogP contribution in [0.15, 0.2) is 34.8 Å².